The monoisotopic (exact) mass is 308 g/mol. The molecule has 2 rings (SSSR count). The molecule has 0 saturated heterocycles. The van der Waals surface area contributed by atoms with Crippen LogP contribution in [-0.2, 0) is 0 Å². The molecule has 0 spiro atoms. The maximum absolute atomic E-state index is 13.2. The molecule has 0 aliphatic rings. The van der Waals surface area contributed by atoms with Crippen LogP contribution in [0.25, 0.3) is 0 Å². The van der Waals surface area contributed by atoms with Crippen LogP contribution < -0.4 is 15.8 Å². The van der Waals surface area contributed by atoms with Crippen molar-refractivity contribution in [2.45, 2.75) is 0 Å². The van der Waals surface area contributed by atoms with Crippen molar-refractivity contribution in [2.75, 3.05) is 18.9 Å². The van der Waals surface area contributed by atoms with E-state index < -0.39 is 5.82 Å². The van der Waals surface area contributed by atoms with Gasteiger partial charge < -0.3 is 15.8 Å². The van der Waals surface area contributed by atoms with Gasteiger partial charge in [-0.2, -0.15) is 0 Å². The van der Waals surface area contributed by atoms with Gasteiger partial charge in [-0.3, -0.25) is 4.79 Å². The van der Waals surface area contributed by atoms with Gasteiger partial charge in [0.25, 0.3) is 5.91 Å². The van der Waals surface area contributed by atoms with Gasteiger partial charge in [0.05, 0.1) is 11.6 Å². The van der Waals surface area contributed by atoms with Crippen LogP contribution in [0, 0.1) is 5.82 Å². The lowest BCUT2D eigenvalue weighted by Gasteiger charge is -2.08. The SMILES string of the molecule is Nc1ccc(OCCNC(=O)c2ccc(Cl)c(F)c2)cc1. The van der Waals surface area contributed by atoms with Gasteiger partial charge in [0, 0.05) is 11.3 Å². The molecule has 2 aromatic rings. The normalized spacial score (nSPS) is 10.2. The van der Waals surface area contributed by atoms with Crippen molar-refractivity contribution in [3.05, 3.63) is 58.9 Å². The van der Waals surface area contributed by atoms with Crippen LogP contribution in [0.2, 0.25) is 5.02 Å². The molecule has 4 nitrogen and oxygen atoms in total. The van der Waals surface area contributed by atoms with Gasteiger partial charge in [-0.1, -0.05) is 11.6 Å². The van der Waals surface area contributed by atoms with Crippen molar-refractivity contribution in [1.29, 1.82) is 0 Å². The Labute approximate surface area is 126 Å². The van der Waals surface area contributed by atoms with E-state index in [0.29, 0.717) is 24.6 Å². The summed E-state index contributed by atoms with van der Waals surface area (Å²) in [6, 6.07) is 10.8. The number of benzene rings is 2. The van der Waals surface area contributed by atoms with E-state index in [1.165, 1.54) is 12.1 Å². The second-order valence-electron chi connectivity index (χ2n) is 4.30. The molecule has 2 aromatic carbocycles. The zero-order valence-corrected chi connectivity index (χ0v) is 11.9. The van der Waals surface area contributed by atoms with Crippen molar-refractivity contribution in [3.8, 4) is 5.75 Å². The van der Waals surface area contributed by atoms with Gasteiger partial charge in [-0.05, 0) is 42.5 Å². The van der Waals surface area contributed by atoms with Gasteiger partial charge in [-0.15, -0.1) is 0 Å². The van der Waals surface area contributed by atoms with Crippen LogP contribution >= 0.6 is 11.6 Å². The van der Waals surface area contributed by atoms with E-state index in [1.807, 2.05) is 0 Å². The summed E-state index contributed by atoms with van der Waals surface area (Å²) in [6.07, 6.45) is 0. The molecule has 0 saturated carbocycles. The number of hydrogen-bond donors (Lipinski definition) is 2. The smallest absolute Gasteiger partial charge is 0.251 e. The molecule has 0 aromatic heterocycles. The molecular formula is C15H14ClFN2O2. The number of halogens is 2. The van der Waals surface area contributed by atoms with E-state index in [4.69, 9.17) is 22.1 Å². The minimum absolute atomic E-state index is 0.0155. The Bertz CT molecular complexity index is 632. The highest BCUT2D eigenvalue weighted by atomic mass is 35.5. The topological polar surface area (TPSA) is 64.3 Å². The first-order valence-electron chi connectivity index (χ1n) is 6.28. The summed E-state index contributed by atoms with van der Waals surface area (Å²) in [5.41, 5.74) is 6.42. The van der Waals surface area contributed by atoms with E-state index >= 15 is 0 Å². The fourth-order valence-corrected chi connectivity index (χ4v) is 1.75. The number of nitrogen functional groups attached to an aromatic ring is 1. The molecule has 0 aliphatic carbocycles. The maximum Gasteiger partial charge on any atom is 0.251 e. The highest BCUT2D eigenvalue weighted by Gasteiger charge is 2.08. The highest BCUT2D eigenvalue weighted by Crippen LogP contribution is 2.15. The Hall–Kier alpha value is -2.27. The number of amides is 1. The van der Waals surface area contributed by atoms with Crippen molar-refractivity contribution in [3.63, 3.8) is 0 Å². The first kappa shape index (κ1) is 15.1. The standard InChI is InChI=1S/C15H14ClFN2O2/c16-13-6-1-10(9-14(13)17)15(20)19-7-8-21-12-4-2-11(18)3-5-12/h1-6,9H,7-8,18H2,(H,19,20). The number of ether oxygens (including phenoxy) is 1. The van der Waals surface area contributed by atoms with E-state index in [2.05, 4.69) is 5.32 Å². The second kappa shape index (κ2) is 6.95. The van der Waals surface area contributed by atoms with Crippen LogP contribution in [0.15, 0.2) is 42.5 Å². The average Bonchev–Trinajstić information content (AvgIpc) is 2.48. The molecule has 6 heteroatoms. The van der Waals surface area contributed by atoms with E-state index in [-0.39, 0.29) is 16.5 Å². The van der Waals surface area contributed by atoms with E-state index in [1.54, 1.807) is 24.3 Å². The van der Waals surface area contributed by atoms with Crippen LogP contribution in [-0.4, -0.2) is 19.1 Å². The summed E-state index contributed by atoms with van der Waals surface area (Å²) in [7, 11) is 0. The van der Waals surface area contributed by atoms with Gasteiger partial charge in [0.1, 0.15) is 18.2 Å². The number of nitrogens with two attached hydrogens (primary N) is 1. The third-order valence-corrected chi connectivity index (χ3v) is 3.02. The Morgan fingerprint density at radius 2 is 1.95 bits per heavy atom. The molecule has 0 fully saturated rings. The molecule has 0 unspecified atom stereocenters. The van der Waals surface area contributed by atoms with Crippen molar-refractivity contribution in [1.82, 2.24) is 5.32 Å². The summed E-state index contributed by atoms with van der Waals surface area (Å²) in [6.45, 7) is 0.596. The van der Waals surface area contributed by atoms with Crippen molar-refractivity contribution >= 4 is 23.2 Å². The quantitative estimate of drug-likeness (QED) is 0.659. The number of rotatable bonds is 5. The Morgan fingerprint density at radius 1 is 1.24 bits per heavy atom. The van der Waals surface area contributed by atoms with Crippen molar-refractivity contribution < 1.29 is 13.9 Å². The first-order chi connectivity index (χ1) is 10.1. The summed E-state index contributed by atoms with van der Waals surface area (Å²) in [5.74, 6) is -0.343. The van der Waals surface area contributed by atoms with Gasteiger partial charge >= 0.3 is 0 Å². The third kappa shape index (κ3) is 4.36. The van der Waals surface area contributed by atoms with Crippen LogP contribution in [0.4, 0.5) is 10.1 Å². The van der Waals surface area contributed by atoms with Gasteiger partial charge in [-0.25, -0.2) is 4.39 Å². The summed E-state index contributed by atoms with van der Waals surface area (Å²) >= 11 is 5.56. The molecule has 0 heterocycles. The van der Waals surface area contributed by atoms with Gasteiger partial charge in [0.15, 0.2) is 0 Å². The molecule has 0 aliphatic heterocycles. The number of carbonyl (C=O) groups is 1. The van der Waals surface area contributed by atoms with Crippen LogP contribution in [0.3, 0.4) is 0 Å². The lowest BCUT2D eigenvalue weighted by molar-refractivity contribution is 0.0946. The van der Waals surface area contributed by atoms with Gasteiger partial charge in [0.2, 0.25) is 0 Å². The lowest BCUT2D eigenvalue weighted by atomic mass is 10.2. The number of carbonyl (C=O) groups excluding carboxylic acids is 1. The zero-order chi connectivity index (χ0) is 15.2. The Kier molecular flexibility index (Phi) is 5.00. The number of hydrogen-bond acceptors (Lipinski definition) is 3. The number of anilines is 1. The minimum Gasteiger partial charge on any atom is -0.492 e. The highest BCUT2D eigenvalue weighted by molar-refractivity contribution is 6.30. The second-order valence-corrected chi connectivity index (χ2v) is 4.71. The molecule has 0 radical (unpaired) electrons. The lowest BCUT2D eigenvalue weighted by Crippen LogP contribution is -2.28. The predicted molar refractivity (Wildman–Crippen MR) is 80.1 cm³/mol. The largest absolute Gasteiger partial charge is 0.492 e. The van der Waals surface area contributed by atoms with Crippen molar-refractivity contribution in [2.24, 2.45) is 0 Å². The molecule has 0 atom stereocenters. The zero-order valence-electron chi connectivity index (χ0n) is 11.1. The average molecular weight is 309 g/mol. The minimum atomic E-state index is -0.623. The Balaban J connectivity index is 1.79. The molecule has 21 heavy (non-hydrogen) atoms. The maximum atomic E-state index is 13.2. The van der Waals surface area contributed by atoms with E-state index in [9.17, 15) is 9.18 Å². The summed E-state index contributed by atoms with van der Waals surface area (Å²) < 4.78 is 18.7. The first-order valence-corrected chi connectivity index (χ1v) is 6.65. The summed E-state index contributed by atoms with van der Waals surface area (Å²) in [5, 5.41) is 2.61. The van der Waals surface area contributed by atoms with Crippen LogP contribution in [0.5, 0.6) is 5.75 Å². The Morgan fingerprint density at radius 3 is 2.62 bits per heavy atom. The fourth-order valence-electron chi connectivity index (χ4n) is 1.64. The molecule has 3 N–H and O–H groups in total. The molecule has 1 amide bonds. The molecular weight excluding hydrogens is 295 g/mol. The molecule has 0 bridgehead atoms. The fraction of sp³-hybridized carbons (Fsp3) is 0.133. The van der Waals surface area contributed by atoms with Crippen LogP contribution in [0.1, 0.15) is 10.4 Å². The van der Waals surface area contributed by atoms with E-state index in [0.717, 1.165) is 6.07 Å². The predicted octanol–water partition coefficient (Wildman–Crippen LogP) is 2.87. The third-order valence-electron chi connectivity index (χ3n) is 2.72. The molecule has 110 valence electrons. The number of nitrogens with one attached hydrogen (secondary N) is 1. The summed E-state index contributed by atoms with van der Waals surface area (Å²) in [4.78, 5) is 11.8.